The maximum Gasteiger partial charge on any atom is 0.185 e. The standard InChI is InChI=1S/C11H4BrF2IO2/c12-9-7(13)3-6(11(15)10(9)14)8-2-1-5(4-16)17-8/h1-4H. The van der Waals surface area contributed by atoms with Gasteiger partial charge in [0.25, 0.3) is 0 Å². The van der Waals surface area contributed by atoms with E-state index in [1.807, 2.05) is 0 Å². The minimum Gasteiger partial charge on any atom is -0.453 e. The van der Waals surface area contributed by atoms with E-state index in [4.69, 9.17) is 4.42 Å². The Balaban J connectivity index is 2.63. The first-order valence-electron chi connectivity index (χ1n) is 4.43. The summed E-state index contributed by atoms with van der Waals surface area (Å²) in [5, 5.41) is 0. The number of benzene rings is 1. The van der Waals surface area contributed by atoms with Crippen LogP contribution in [0.3, 0.4) is 0 Å². The SMILES string of the molecule is O=Cc1ccc(-c2cc(F)c(Br)c(F)c2I)o1. The smallest absolute Gasteiger partial charge is 0.185 e. The molecular weight excluding hydrogens is 409 g/mol. The third kappa shape index (κ3) is 2.28. The van der Waals surface area contributed by atoms with Gasteiger partial charge in [0.05, 0.1) is 8.04 Å². The van der Waals surface area contributed by atoms with E-state index in [0.29, 0.717) is 6.29 Å². The number of aldehydes is 1. The fraction of sp³-hybridized carbons (Fsp3) is 0. The van der Waals surface area contributed by atoms with Crippen LogP contribution in [0.25, 0.3) is 11.3 Å². The first-order chi connectivity index (χ1) is 8.04. The molecule has 17 heavy (non-hydrogen) atoms. The lowest BCUT2D eigenvalue weighted by Crippen LogP contribution is -1.92. The second kappa shape index (κ2) is 4.85. The number of furan rings is 1. The Labute approximate surface area is 117 Å². The minimum absolute atomic E-state index is 0.111. The fourth-order valence-electron chi connectivity index (χ4n) is 1.31. The van der Waals surface area contributed by atoms with Gasteiger partial charge in [-0.15, -0.1) is 0 Å². The lowest BCUT2D eigenvalue weighted by Gasteiger charge is -2.05. The van der Waals surface area contributed by atoms with Crippen LogP contribution in [0.15, 0.2) is 27.1 Å². The molecule has 0 saturated carbocycles. The van der Waals surface area contributed by atoms with Crippen LogP contribution in [0.1, 0.15) is 10.6 Å². The molecule has 0 aliphatic rings. The second-order valence-corrected chi connectivity index (χ2v) is 5.04. The molecule has 2 rings (SSSR count). The number of hydrogen-bond acceptors (Lipinski definition) is 2. The zero-order valence-electron chi connectivity index (χ0n) is 8.14. The highest BCUT2D eigenvalue weighted by Crippen LogP contribution is 2.33. The molecule has 1 aromatic heterocycles. The van der Waals surface area contributed by atoms with Crippen LogP contribution in [-0.4, -0.2) is 6.29 Å². The summed E-state index contributed by atoms with van der Waals surface area (Å²) in [7, 11) is 0. The highest BCUT2D eigenvalue weighted by atomic mass is 127. The summed E-state index contributed by atoms with van der Waals surface area (Å²) >= 11 is 4.57. The molecule has 0 aliphatic heterocycles. The maximum atomic E-state index is 13.6. The van der Waals surface area contributed by atoms with Gasteiger partial charge in [-0.1, -0.05) is 0 Å². The van der Waals surface area contributed by atoms with Crippen molar-refractivity contribution in [2.45, 2.75) is 0 Å². The van der Waals surface area contributed by atoms with E-state index in [1.54, 1.807) is 22.6 Å². The highest BCUT2D eigenvalue weighted by Gasteiger charge is 2.18. The third-order valence-corrected chi connectivity index (χ3v) is 3.89. The Morgan fingerprint density at radius 2 is 2.06 bits per heavy atom. The zero-order valence-corrected chi connectivity index (χ0v) is 11.9. The monoisotopic (exact) mass is 412 g/mol. The summed E-state index contributed by atoms with van der Waals surface area (Å²) < 4.78 is 32.2. The fourth-order valence-corrected chi connectivity index (χ4v) is 2.69. The Hall–Kier alpha value is -0.760. The lowest BCUT2D eigenvalue weighted by molar-refractivity contribution is 0.110. The van der Waals surface area contributed by atoms with E-state index in [0.717, 1.165) is 6.07 Å². The molecule has 1 heterocycles. The van der Waals surface area contributed by atoms with Gasteiger partial charge < -0.3 is 4.42 Å². The van der Waals surface area contributed by atoms with Gasteiger partial charge in [0, 0.05) is 5.56 Å². The van der Waals surface area contributed by atoms with E-state index in [1.165, 1.54) is 12.1 Å². The molecule has 0 spiro atoms. The molecule has 0 aliphatic carbocycles. The number of hydrogen-bond donors (Lipinski definition) is 0. The Morgan fingerprint density at radius 1 is 1.35 bits per heavy atom. The van der Waals surface area contributed by atoms with Crippen molar-refractivity contribution in [2.75, 3.05) is 0 Å². The summed E-state index contributed by atoms with van der Waals surface area (Å²) in [5.74, 6) is -1.05. The summed E-state index contributed by atoms with van der Waals surface area (Å²) in [4.78, 5) is 10.5. The normalized spacial score (nSPS) is 10.6. The van der Waals surface area contributed by atoms with Crippen LogP contribution in [0.5, 0.6) is 0 Å². The Morgan fingerprint density at radius 3 is 2.65 bits per heavy atom. The van der Waals surface area contributed by atoms with Crippen molar-refractivity contribution in [3.05, 3.63) is 43.6 Å². The van der Waals surface area contributed by atoms with Crippen molar-refractivity contribution < 1.29 is 18.0 Å². The number of halogens is 4. The quantitative estimate of drug-likeness (QED) is 0.316. The molecule has 2 aromatic rings. The average Bonchev–Trinajstić information content (AvgIpc) is 2.79. The predicted molar refractivity (Wildman–Crippen MR) is 69.9 cm³/mol. The van der Waals surface area contributed by atoms with Gasteiger partial charge in [0.15, 0.2) is 17.9 Å². The van der Waals surface area contributed by atoms with E-state index < -0.39 is 11.6 Å². The molecule has 88 valence electrons. The molecule has 6 heteroatoms. The molecule has 0 N–H and O–H groups in total. The molecule has 0 atom stereocenters. The number of rotatable bonds is 2. The van der Waals surface area contributed by atoms with Gasteiger partial charge in [0.1, 0.15) is 11.6 Å². The predicted octanol–water partition coefficient (Wildman–Crippen LogP) is 4.40. The summed E-state index contributed by atoms with van der Waals surface area (Å²) in [5.41, 5.74) is 0.275. The third-order valence-electron chi connectivity index (χ3n) is 2.11. The van der Waals surface area contributed by atoms with Crippen molar-refractivity contribution in [3.63, 3.8) is 0 Å². The van der Waals surface area contributed by atoms with Gasteiger partial charge in [-0.2, -0.15) is 0 Å². The summed E-state index contributed by atoms with van der Waals surface area (Å²) in [6.45, 7) is 0. The van der Waals surface area contributed by atoms with E-state index in [-0.39, 0.29) is 25.1 Å². The number of carbonyl (C=O) groups excluding carboxylic acids is 1. The molecular formula is C11H4BrF2IO2. The summed E-state index contributed by atoms with van der Waals surface area (Å²) in [6, 6.07) is 4.09. The molecule has 0 bridgehead atoms. The highest BCUT2D eigenvalue weighted by molar-refractivity contribution is 14.1. The maximum absolute atomic E-state index is 13.6. The van der Waals surface area contributed by atoms with Crippen molar-refractivity contribution in [1.82, 2.24) is 0 Å². The van der Waals surface area contributed by atoms with Crippen LogP contribution in [0.4, 0.5) is 8.78 Å². The van der Waals surface area contributed by atoms with Gasteiger partial charge in [-0.25, -0.2) is 8.78 Å². The number of carbonyl (C=O) groups is 1. The van der Waals surface area contributed by atoms with E-state index >= 15 is 0 Å². The zero-order chi connectivity index (χ0) is 12.6. The average molecular weight is 413 g/mol. The van der Waals surface area contributed by atoms with Crippen molar-refractivity contribution >= 4 is 44.8 Å². The Kier molecular flexibility index (Phi) is 3.62. The van der Waals surface area contributed by atoms with E-state index in [2.05, 4.69) is 15.9 Å². The van der Waals surface area contributed by atoms with E-state index in [9.17, 15) is 13.6 Å². The molecule has 0 amide bonds. The van der Waals surface area contributed by atoms with Crippen LogP contribution in [-0.2, 0) is 0 Å². The van der Waals surface area contributed by atoms with Crippen molar-refractivity contribution in [3.8, 4) is 11.3 Å². The second-order valence-electron chi connectivity index (χ2n) is 3.17. The van der Waals surface area contributed by atoms with Crippen LogP contribution in [0, 0.1) is 15.2 Å². The van der Waals surface area contributed by atoms with Crippen LogP contribution >= 0.6 is 38.5 Å². The van der Waals surface area contributed by atoms with Gasteiger partial charge in [0.2, 0.25) is 0 Å². The topological polar surface area (TPSA) is 30.2 Å². The molecule has 2 nitrogen and oxygen atoms in total. The molecule has 0 saturated heterocycles. The minimum atomic E-state index is -0.720. The molecule has 0 fully saturated rings. The first-order valence-corrected chi connectivity index (χ1v) is 6.30. The lowest BCUT2D eigenvalue weighted by atomic mass is 10.1. The van der Waals surface area contributed by atoms with Gasteiger partial charge in [-0.3, -0.25) is 4.79 Å². The van der Waals surface area contributed by atoms with Crippen LogP contribution < -0.4 is 0 Å². The van der Waals surface area contributed by atoms with Gasteiger partial charge >= 0.3 is 0 Å². The van der Waals surface area contributed by atoms with Crippen LogP contribution in [0.2, 0.25) is 0 Å². The molecule has 0 unspecified atom stereocenters. The Bertz CT molecular complexity index is 595. The summed E-state index contributed by atoms with van der Waals surface area (Å²) in [6.07, 6.45) is 0.530. The van der Waals surface area contributed by atoms with Crippen molar-refractivity contribution in [2.24, 2.45) is 0 Å². The molecule has 1 aromatic carbocycles. The first kappa shape index (κ1) is 12.7. The largest absolute Gasteiger partial charge is 0.453 e. The van der Waals surface area contributed by atoms with Gasteiger partial charge in [-0.05, 0) is 56.7 Å². The molecule has 0 radical (unpaired) electrons. The van der Waals surface area contributed by atoms with Crippen molar-refractivity contribution in [1.29, 1.82) is 0 Å².